The smallest absolute Gasteiger partial charge is 0.231 e. The summed E-state index contributed by atoms with van der Waals surface area (Å²) in [6, 6.07) is 9.79. The number of guanidine groups is 1. The van der Waals surface area contributed by atoms with E-state index in [1.165, 1.54) is 4.88 Å². The molecule has 6 nitrogen and oxygen atoms in total. The lowest BCUT2D eigenvalue weighted by atomic mass is 10.3. The van der Waals surface area contributed by atoms with Gasteiger partial charge >= 0.3 is 0 Å². The lowest BCUT2D eigenvalue weighted by Crippen LogP contribution is -2.40. The molecule has 0 radical (unpaired) electrons. The summed E-state index contributed by atoms with van der Waals surface area (Å²) in [7, 11) is 1.76. The Balaban J connectivity index is 0.00000225. The van der Waals surface area contributed by atoms with E-state index < -0.39 is 0 Å². The van der Waals surface area contributed by atoms with Crippen LogP contribution in [-0.2, 0) is 6.42 Å². The van der Waals surface area contributed by atoms with Crippen molar-refractivity contribution in [2.45, 2.75) is 6.42 Å². The first-order valence-corrected chi connectivity index (χ1v) is 8.72. The minimum absolute atomic E-state index is 0. The minimum Gasteiger partial charge on any atom is -0.492 e. The Kier molecular flexibility index (Phi) is 8.13. The molecule has 0 saturated heterocycles. The van der Waals surface area contributed by atoms with Crippen molar-refractivity contribution < 1.29 is 14.2 Å². The number of halogens is 1. The van der Waals surface area contributed by atoms with Crippen molar-refractivity contribution >= 4 is 41.3 Å². The fraction of sp³-hybridized carbons (Fsp3) is 0.353. The van der Waals surface area contributed by atoms with Crippen molar-refractivity contribution in [3.8, 4) is 17.2 Å². The number of hydrogen-bond acceptors (Lipinski definition) is 5. The summed E-state index contributed by atoms with van der Waals surface area (Å²) < 4.78 is 16.3. The van der Waals surface area contributed by atoms with Crippen molar-refractivity contribution in [1.29, 1.82) is 0 Å². The van der Waals surface area contributed by atoms with Crippen LogP contribution in [0.5, 0.6) is 17.2 Å². The largest absolute Gasteiger partial charge is 0.492 e. The van der Waals surface area contributed by atoms with Crippen molar-refractivity contribution in [1.82, 2.24) is 10.6 Å². The Bertz CT molecular complexity index is 680. The van der Waals surface area contributed by atoms with Crippen LogP contribution in [0.2, 0.25) is 0 Å². The van der Waals surface area contributed by atoms with Gasteiger partial charge in [0.25, 0.3) is 0 Å². The maximum Gasteiger partial charge on any atom is 0.231 e. The molecule has 0 amide bonds. The molecule has 2 N–H and O–H groups in total. The third-order valence-electron chi connectivity index (χ3n) is 3.47. The van der Waals surface area contributed by atoms with Crippen LogP contribution >= 0.6 is 35.3 Å². The molecule has 3 rings (SSSR count). The van der Waals surface area contributed by atoms with Crippen LogP contribution in [0.1, 0.15) is 4.88 Å². The summed E-state index contributed by atoms with van der Waals surface area (Å²) in [6.45, 7) is 2.31. The Hall–Kier alpha value is -1.68. The second-order valence-corrected chi connectivity index (χ2v) is 6.15. The molecule has 0 saturated carbocycles. The fourth-order valence-electron chi connectivity index (χ4n) is 2.28. The van der Waals surface area contributed by atoms with Crippen molar-refractivity contribution in [2.75, 3.05) is 33.5 Å². The second-order valence-electron chi connectivity index (χ2n) is 5.12. The van der Waals surface area contributed by atoms with Crippen LogP contribution in [0.25, 0.3) is 0 Å². The Labute approximate surface area is 168 Å². The average Bonchev–Trinajstić information content (AvgIpc) is 3.27. The van der Waals surface area contributed by atoms with Gasteiger partial charge in [-0.3, -0.25) is 4.99 Å². The molecule has 0 spiro atoms. The lowest BCUT2D eigenvalue weighted by molar-refractivity contribution is 0.173. The SMILES string of the molecule is CN=C(NCCOc1ccc2c(c1)OCO2)NCCc1cccs1.I. The van der Waals surface area contributed by atoms with Crippen LogP contribution in [0.3, 0.4) is 0 Å². The van der Waals surface area contributed by atoms with E-state index >= 15 is 0 Å². The Morgan fingerprint density at radius 3 is 2.84 bits per heavy atom. The highest BCUT2D eigenvalue weighted by atomic mass is 127. The molecular weight excluding hydrogens is 453 g/mol. The Morgan fingerprint density at radius 1 is 1.20 bits per heavy atom. The first-order valence-electron chi connectivity index (χ1n) is 7.84. The molecule has 2 heterocycles. The molecule has 0 aliphatic carbocycles. The van der Waals surface area contributed by atoms with Gasteiger partial charge in [0.1, 0.15) is 12.4 Å². The number of ether oxygens (including phenoxy) is 3. The van der Waals surface area contributed by atoms with Crippen LogP contribution in [-0.4, -0.2) is 39.5 Å². The number of fused-ring (bicyclic) bond motifs is 1. The number of nitrogens with one attached hydrogen (secondary N) is 2. The van der Waals surface area contributed by atoms with Crippen LogP contribution in [0.15, 0.2) is 40.7 Å². The minimum atomic E-state index is 0. The second kappa shape index (κ2) is 10.3. The molecule has 1 aromatic heterocycles. The zero-order valence-electron chi connectivity index (χ0n) is 14.0. The average molecular weight is 475 g/mol. The van der Waals surface area contributed by atoms with E-state index in [4.69, 9.17) is 14.2 Å². The summed E-state index contributed by atoms with van der Waals surface area (Å²) in [5.41, 5.74) is 0. The summed E-state index contributed by atoms with van der Waals surface area (Å²) in [6.07, 6.45) is 0.992. The van der Waals surface area contributed by atoms with E-state index in [9.17, 15) is 0 Å². The first kappa shape index (κ1) is 19.6. The van der Waals surface area contributed by atoms with Crippen LogP contribution < -0.4 is 24.8 Å². The molecule has 0 atom stereocenters. The highest BCUT2D eigenvalue weighted by Crippen LogP contribution is 2.34. The number of aliphatic imine (C=N–C) groups is 1. The maximum absolute atomic E-state index is 5.71. The van der Waals surface area contributed by atoms with Gasteiger partial charge in [-0.25, -0.2) is 0 Å². The molecule has 1 aliphatic rings. The summed E-state index contributed by atoms with van der Waals surface area (Å²) in [5, 5.41) is 8.62. The van der Waals surface area contributed by atoms with Gasteiger partial charge < -0.3 is 24.8 Å². The number of thiophene rings is 1. The van der Waals surface area contributed by atoms with Gasteiger partial charge in [-0.15, -0.1) is 35.3 Å². The fourth-order valence-corrected chi connectivity index (χ4v) is 2.99. The van der Waals surface area contributed by atoms with Crippen molar-refractivity contribution in [3.05, 3.63) is 40.6 Å². The normalized spacial score (nSPS) is 12.4. The van der Waals surface area contributed by atoms with E-state index in [0.717, 1.165) is 36.2 Å². The van der Waals surface area contributed by atoms with Gasteiger partial charge in [0.05, 0.1) is 6.54 Å². The van der Waals surface area contributed by atoms with Crippen LogP contribution in [0, 0.1) is 0 Å². The Morgan fingerprint density at radius 2 is 2.04 bits per heavy atom. The highest BCUT2D eigenvalue weighted by Gasteiger charge is 2.13. The van der Waals surface area contributed by atoms with E-state index in [2.05, 4.69) is 33.1 Å². The molecule has 0 fully saturated rings. The monoisotopic (exact) mass is 475 g/mol. The zero-order valence-corrected chi connectivity index (χ0v) is 17.1. The summed E-state index contributed by atoms with van der Waals surface area (Å²) in [5.74, 6) is 3.03. The number of rotatable bonds is 7. The van der Waals surface area contributed by atoms with E-state index in [-0.39, 0.29) is 30.8 Å². The molecule has 1 aliphatic heterocycles. The molecule has 8 heteroatoms. The maximum atomic E-state index is 5.71. The van der Waals surface area contributed by atoms with Gasteiger partial charge in [-0.1, -0.05) is 6.07 Å². The molecule has 25 heavy (non-hydrogen) atoms. The third-order valence-corrected chi connectivity index (χ3v) is 4.41. The summed E-state index contributed by atoms with van der Waals surface area (Å²) in [4.78, 5) is 5.57. The summed E-state index contributed by atoms with van der Waals surface area (Å²) >= 11 is 1.77. The predicted molar refractivity (Wildman–Crippen MR) is 111 cm³/mol. The van der Waals surface area contributed by atoms with Crippen LogP contribution in [0.4, 0.5) is 0 Å². The zero-order chi connectivity index (χ0) is 16.6. The number of benzene rings is 1. The van der Waals surface area contributed by atoms with E-state index in [0.29, 0.717) is 13.2 Å². The van der Waals surface area contributed by atoms with Gasteiger partial charge in [0.15, 0.2) is 17.5 Å². The molecule has 0 unspecified atom stereocenters. The van der Waals surface area contributed by atoms with E-state index in [1.807, 2.05) is 18.2 Å². The van der Waals surface area contributed by atoms with Gasteiger partial charge in [0.2, 0.25) is 6.79 Å². The topological polar surface area (TPSA) is 64.1 Å². The third kappa shape index (κ3) is 5.96. The van der Waals surface area contributed by atoms with Gasteiger partial charge in [0, 0.05) is 24.5 Å². The lowest BCUT2D eigenvalue weighted by Gasteiger charge is -2.12. The molecule has 136 valence electrons. The molecule has 2 aromatic rings. The molecule has 1 aromatic carbocycles. The number of hydrogen-bond donors (Lipinski definition) is 2. The molecule has 0 bridgehead atoms. The quantitative estimate of drug-likeness (QED) is 0.279. The standard InChI is InChI=1S/C17H21N3O3S.HI/c1-18-17(19-7-6-14-3-2-10-24-14)20-8-9-21-13-4-5-15-16(11-13)23-12-22-15;/h2-5,10-11H,6-9,12H2,1H3,(H2,18,19,20);1H. The van der Waals surface area contributed by atoms with E-state index in [1.54, 1.807) is 18.4 Å². The first-order chi connectivity index (χ1) is 11.8. The highest BCUT2D eigenvalue weighted by molar-refractivity contribution is 14.0. The van der Waals surface area contributed by atoms with Crippen molar-refractivity contribution in [3.63, 3.8) is 0 Å². The van der Waals surface area contributed by atoms with Gasteiger partial charge in [-0.2, -0.15) is 0 Å². The number of nitrogens with zero attached hydrogens (tertiary/aromatic N) is 1. The molecular formula is C17H22IN3O3S. The van der Waals surface area contributed by atoms with Crippen molar-refractivity contribution in [2.24, 2.45) is 4.99 Å². The van der Waals surface area contributed by atoms with Gasteiger partial charge in [-0.05, 0) is 30.0 Å². The predicted octanol–water partition coefficient (Wildman–Crippen LogP) is 2.88.